The van der Waals surface area contributed by atoms with Crippen LogP contribution in [0.15, 0.2) is 60.7 Å². The molecule has 0 atom stereocenters. The molecule has 1 aromatic heterocycles. The lowest BCUT2D eigenvalue weighted by Gasteiger charge is -2.10. The Hall–Kier alpha value is -3.41. The highest BCUT2D eigenvalue weighted by atomic mass is 16.5. The molecule has 3 rings (SSSR count). The van der Waals surface area contributed by atoms with Crippen molar-refractivity contribution >= 4 is 17.4 Å². The zero-order valence-corrected chi connectivity index (χ0v) is 15.4. The first-order chi connectivity index (χ1) is 13.2. The molecule has 6 nitrogen and oxygen atoms in total. The first-order valence-corrected chi connectivity index (χ1v) is 8.80. The van der Waals surface area contributed by atoms with Crippen molar-refractivity contribution < 1.29 is 9.53 Å². The Morgan fingerprint density at radius 1 is 0.963 bits per heavy atom. The second kappa shape index (κ2) is 8.80. The highest BCUT2D eigenvalue weighted by Gasteiger charge is 2.11. The van der Waals surface area contributed by atoms with E-state index in [-0.39, 0.29) is 11.6 Å². The number of nitrogens with one attached hydrogen (secondary N) is 2. The summed E-state index contributed by atoms with van der Waals surface area (Å²) in [6.07, 6.45) is 0.841. The number of hydrogen-bond acceptors (Lipinski definition) is 5. The zero-order valence-electron chi connectivity index (χ0n) is 15.4. The SMILES string of the molecule is CCc1ccccc1NC(=O)c1ccc(NCc2ccccc2OC)nn1. The Morgan fingerprint density at radius 3 is 2.41 bits per heavy atom. The van der Waals surface area contributed by atoms with Gasteiger partial charge < -0.3 is 15.4 Å². The van der Waals surface area contributed by atoms with Crippen molar-refractivity contribution in [3.05, 3.63) is 77.5 Å². The Bertz CT molecular complexity index is 910. The van der Waals surface area contributed by atoms with Crippen LogP contribution in [-0.4, -0.2) is 23.2 Å². The van der Waals surface area contributed by atoms with Gasteiger partial charge in [0.15, 0.2) is 5.69 Å². The maximum absolute atomic E-state index is 12.4. The molecular formula is C21H22N4O2. The van der Waals surface area contributed by atoms with Crippen LogP contribution in [0.1, 0.15) is 28.5 Å². The number of para-hydroxylation sites is 2. The number of rotatable bonds is 7. The Balaban J connectivity index is 1.63. The predicted octanol–water partition coefficient (Wildman–Crippen LogP) is 3.91. The van der Waals surface area contributed by atoms with Crippen LogP contribution < -0.4 is 15.4 Å². The Kier molecular flexibility index (Phi) is 5.99. The molecule has 0 fully saturated rings. The molecule has 2 aromatic carbocycles. The number of ether oxygens (including phenoxy) is 1. The highest BCUT2D eigenvalue weighted by Crippen LogP contribution is 2.19. The highest BCUT2D eigenvalue weighted by molar-refractivity contribution is 6.03. The fraction of sp³-hybridized carbons (Fsp3) is 0.190. The average molecular weight is 362 g/mol. The van der Waals surface area contributed by atoms with Gasteiger partial charge in [-0.25, -0.2) is 0 Å². The number of benzene rings is 2. The third-order valence-corrected chi connectivity index (χ3v) is 4.20. The van der Waals surface area contributed by atoms with Crippen LogP contribution in [-0.2, 0) is 13.0 Å². The maximum Gasteiger partial charge on any atom is 0.276 e. The van der Waals surface area contributed by atoms with Crippen molar-refractivity contribution in [1.82, 2.24) is 10.2 Å². The molecule has 0 aliphatic carbocycles. The number of hydrogen-bond donors (Lipinski definition) is 2. The molecule has 0 aliphatic rings. The Morgan fingerprint density at radius 2 is 1.70 bits per heavy atom. The minimum atomic E-state index is -0.278. The molecule has 0 aliphatic heterocycles. The largest absolute Gasteiger partial charge is 0.496 e. The molecule has 1 amide bonds. The number of carbonyl (C=O) groups is 1. The van der Waals surface area contributed by atoms with Gasteiger partial charge in [0.1, 0.15) is 11.6 Å². The second-order valence-electron chi connectivity index (χ2n) is 5.93. The molecular weight excluding hydrogens is 340 g/mol. The number of anilines is 2. The fourth-order valence-electron chi connectivity index (χ4n) is 2.72. The van der Waals surface area contributed by atoms with Gasteiger partial charge in [0.2, 0.25) is 0 Å². The molecule has 0 unspecified atom stereocenters. The van der Waals surface area contributed by atoms with Gasteiger partial charge in [-0.05, 0) is 36.2 Å². The van der Waals surface area contributed by atoms with Gasteiger partial charge in [-0.15, -0.1) is 10.2 Å². The van der Waals surface area contributed by atoms with Crippen molar-refractivity contribution in [2.75, 3.05) is 17.7 Å². The first kappa shape index (κ1) is 18.4. The number of methoxy groups -OCH3 is 1. The average Bonchev–Trinajstić information content (AvgIpc) is 2.73. The molecule has 138 valence electrons. The lowest BCUT2D eigenvalue weighted by Crippen LogP contribution is -2.16. The molecule has 6 heteroatoms. The van der Waals surface area contributed by atoms with Crippen LogP contribution in [0.4, 0.5) is 11.5 Å². The number of carbonyl (C=O) groups excluding carboxylic acids is 1. The molecule has 3 aromatic rings. The number of nitrogens with zero attached hydrogens (tertiary/aromatic N) is 2. The summed E-state index contributed by atoms with van der Waals surface area (Å²) < 4.78 is 5.33. The van der Waals surface area contributed by atoms with Gasteiger partial charge in [0.25, 0.3) is 5.91 Å². The van der Waals surface area contributed by atoms with Crippen molar-refractivity contribution in [2.45, 2.75) is 19.9 Å². The number of amides is 1. The van der Waals surface area contributed by atoms with E-state index in [2.05, 4.69) is 20.8 Å². The molecule has 0 saturated carbocycles. The standard InChI is InChI=1S/C21H22N4O2/c1-3-15-8-4-6-10-17(15)23-21(26)18-12-13-20(25-24-18)22-14-16-9-5-7-11-19(16)27-2/h4-13H,3,14H2,1-2H3,(H,22,25)(H,23,26). The Labute approximate surface area is 158 Å². The summed E-state index contributed by atoms with van der Waals surface area (Å²) in [7, 11) is 1.64. The summed E-state index contributed by atoms with van der Waals surface area (Å²) in [5.74, 6) is 1.12. The minimum absolute atomic E-state index is 0.267. The van der Waals surface area contributed by atoms with E-state index in [0.29, 0.717) is 12.4 Å². The quantitative estimate of drug-likeness (QED) is 0.666. The molecule has 0 spiro atoms. The van der Waals surface area contributed by atoms with E-state index in [1.54, 1.807) is 19.2 Å². The van der Waals surface area contributed by atoms with E-state index >= 15 is 0 Å². The summed E-state index contributed by atoms with van der Waals surface area (Å²) in [5.41, 5.74) is 3.16. The summed E-state index contributed by atoms with van der Waals surface area (Å²) in [6.45, 7) is 2.60. The van der Waals surface area contributed by atoms with Crippen molar-refractivity contribution in [2.24, 2.45) is 0 Å². The van der Waals surface area contributed by atoms with Crippen LogP contribution >= 0.6 is 0 Å². The number of aryl methyl sites for hydroxylation is 1. The van der Waals surface area contributed by atoms with E-state index < -0.39 is 0 Å². The van der Waals surface area contributed by atoms with Crippen LogP contribution in [0.3, 0.4) is 0 Å². The monoisotopic (exact) mass is 362 g/mol. The smallest absolute Gasteiger partial charge is 0.276 e. The van der Waals surface area contributed by atoms with Gasteiger partial charge in [0.05, 0.1) is 7.11 Å². The van der Waals surface area contributed by atoms with E-state index in [4.69, 9.17) is 4.74 Å². The predicted molar refractivity (Wildman–Crippen MR) is 106 cm³/mol. The fourth-order valence-corrected chi connectivity index (χ4v) is 2.72. The normalized spacial score (nSPS) is 10.3. The summed E-state index contributed by atoms with van der Waals surface area (Å²) >= 11 is 0. The minimum Gasteiger partial charge on any atom is -0.496 e. The molecule has 0 saturated heterocycles. The second-order valence-corrected chi connectivity index (χ2v) is 5.93. The van der Waals surface area contributed by atoms with Gasteiger partial charge in [-0.1, -0.05) is 43.3 Å². The van der Waals surface area contributed by atoms with Gasteiger partial charge in [-0.2, -0.15) is 0 Å². The molecule has 1 heterocycles. The topological polar surface area (TPSA) is 76.1 Å². The third kappa shape index (κ3) is 4.61. The van der Waals surface area contributed by atoms with Crippen molar-refractivity contribution in [3.8, 4) is 5.75 Å². The van der Waals surface area contributed by atoms with Crippen LogP contribution in [0.25, 0.3) is 0 Å². The molecule has 0 radical (unpaired) electrons. The van der Waals surface area contributed by atoms with E-state index in [0.717, 1.165) is 29.0 Å². The summed E-state index contributed by atoms with van der Waals surface area (Å²) in [6, 6.07) is 18.9. The lowest BCUT2D eigenvalue weighted by atomic mass is 10.1. The van der Waals surface area contributed by atoms with Crippen LogP contribution in [0.2, 0.25) is 0 Å². The third-order valence-electron chi connectivity index (χ3n) is 4.20. The van der Waals surface area contributed by atoms with Crippen molar-refractivity contribution in [3.63, 3.8) is 0 Å². The summed E-state index contributed by atoms with van der Waals surface area (Å²) in [5, 5.41) is 14.2. The van der Waals surface area contributed by atoms with Crippen LogP contribution in [0.5, 0.6) is 5.75 Å². The van der Waals surface area contributed by atoms with E-state index in [1.807, 2.05) is 55.5 Å². The van der Waals surface area contributed by atoms with Gasteiger partial charge in [0, 0.05) is 17.8 Å². The molecule has 27 heavy (non-hydrogen) atoms. The van der Waals surface area contributed by atoms with Gasteiger partial charge >= 0.3 is 0 Å². The lowest BCUT2D eigenvalue weighted by molar-refractivity contribution is 0.102. The summed E-state index contributed by atoms with van der Waals surface area (Å²) in [4.78, 5) is 12.4. The van der Waals surface area contributed by atoms with E-state index in [9.17, 15) is 4.79 Å². The maximum atomic E-state index is 12.4. The van der Waals surface area contributed by atoms with Crippen LogP contribution in [0, 0.1) is 0 Å². The molecule has 0 bridgehead atoms. The first-order valence-electron chi connectivity index (χ1n) is 8.80. The molecule has 2 N–H and O–H groups in total. The van der Waals surface area contributed by atoms with Crippen molar-refractivity contribution in [1.29, 1.82) is 0 Å². The van der Waals surface area contributed by atoms with E-state index in [1.165, 1.54) is 0 Å². The number of aromatic nitrogens is 2. The van der Waals surface area contributed by atoms with Gasteiger partial charge in [-0.3, -0.25) is 4.79 Å². The zero-order chi connectivity index (χ0) is 19.1.